The van der Waals surface area contributed by atoms with Gasteiger partial charge in [0, 0.05) is 18.1 Å². The Morgan fingerprint density at radius 1 is 1.08 bits per heavy atom. The van der Waals surface area contributed by atoms with Crippen molar-refractivity contribution in [3.8, 4) is 0 Å². The molecule has 0 amide bonds. The maximum absolute atomic E-state index is 5.28. The molecule has 76 valence electrons. The molecule has 0 aromatic heterocycles. The summed E-state index contributed by atoms with van der Waals surface area (Å²) in [6.45, 7) is 5.10. The first kappa shape index (κ1) is 15.5. The van der Waals surface area contributed by atoms with E-state index in [0.717, 1.165) is 18.1 Å². The van der Waals surface area contributed by atoms with Crippen LogP contribution in [0, 0.1) is 0 Å². The van der Waals surface area contributed by atoms with Crippen LogP contribution in [-0.4, -0.2) is 23.8 Å². The van der Waals surface area contributed by atoms with Crippen LogP contribution in [0.15, 0.2) is 0 Å². The second-order valence-electron chi connectivity index (χ2n) is 2.16. The zero-order chi connectivity index (χ0) is 9.66. The molecule has 0 saturated heterocycles. The lowest BCUT2D eigenvalue weighted by atomic mass is 10.6. The van der Waals surface area contributed by atoms with Crippen LogP contribution >= 0.6 is 34.2 Å². The van der Waals surface area contributed by atoms with Crippen LogP contribution in [0.2, 0.25) is 0 Å². The third-order valence-corrected chi connectivity index (χ3v) is 3.89. The quantitative estimate of drug-likeness (QED) is 0.415. The van der Waals surface area contributed by atoms with Gasteiger partial charge in [-0.1, -0.05) is 35.4 Å². The van der Waals surface area contributed by atoms with Gasteiger partial charge in [0.2, 0.25) is 0 Å². The predicted octanol–water partition coefficient (Wildman–Crippen LogP) is 3.06. The summed E-state index contributed by atoms with van der Waals surface area (Å²) in [6, 6.07) is 0. The van der Waals surface area contributed by atoms with Gasteiger partial charge in [-0.15, -0.1) is 0 Å². The summed E-state index contributed by atoms with van der Waals surface area (Å²) in [5.41, 5.74) is 5.28. The Morgan fingerprint density at radius 2 is 1.58 bits per heavy atom. The summed E-state index contributed by atoms with van der Waals surface area (Å²) in [4.78, 5) is 0. The van der Waals surface area contributed by atoms with Crippen LogP contribution in [0.4, 0.5) is 0 Å². The molecule has 4 heteroatoms. The Hall–Kier alpha value is 1.01. The van der Waals surface area contributed by atoms with Crippen molar-refractivity contribution >= 4 is 34.2 Å². The monoisotopic (exact) mass is 227 g/mol. The van der Waals surface area contributed by atoms with Crippen LogP contribution in [0.3, 0.4) is 0 Å². The maximum atomic E-state index is 5.28. The van der Waals surface area contributed by atoms with Crippen molar-refractivity contribution in [2.24, 2.45) is 5.73 Å². The highest BCUT2D eigenvalue weighted by Gasteiger charge is 1.83. The fraction of sp³-hybridized carbons (Fsp3) is 1.00. The largest absolute Gasteiger partial charge is 0.330 e. The minimum atomic E-state index is 0.807. The van der Waals surface area contributed by atoms with E-state index in [4.69, 9.17) is 5.73 Å². The molecule has 0 aromatic rings. The minimum Gasteiger partial charge on any atom is -0.330 e. The van der Waals surface area contributed by atoms with Gasteiger partial charge in [-0.3, -0.25) is 0 Å². The fourth-order valence-corrected chi connectivity index (χ4v) is 2.24. The van der Waals surface area contributed by atoms with Gasteiger partial charge < -0.3 is 5.73 Å². The molecule has 0 saturated carbocycles. The average Bonchev–Trinajstić information content (AvgIpc) is 2.13. The molecule has 0 aliphatic heterocycles. The van der Waals surface area contributed by atoms with E-state index in [2.05, 4.69) is 26.5 Å². The number of hydrogen-bond acceptors (Lipinski definition) is 4. The van der Waals surface area contributed by atoms with Crippen LogP contribution in [0.25, 0.3) is 0 Å². The average molecular weight is 227 g/mol. The van der Waals surface area contributed by atoms with Crippen molar-refractivity contribution < 1.29 is 0 Å². The van der Waals surface area contributed by atoms with Crippen molar-refractivity contribution in [1.29, 1.82) is 0 Å². The van der Waals surface area contributed by atoms with E-state index in [9.17, 15) is 0 Å². The summed E-state index contributed by atoms with van der Waals surface area (Å²) in [7, 11) is 3.78. The minimum absolute atomic E-state index is 0.807. The molecule has 2 N–H and O–H groups in total. The topological polar surface area (TPSA) is 26.0 Å². The summed E-state index contributed by atoms with van der Waals surface area (Å²) < 4.78 is 0. The third kappa shape index (κ3) is 22.5. The molecular formula is C8H21NS3. The van der Waals surface area contributed by atoms with Gasteiger partial charge in [0.05, 0.1) is 0 Å². The third-order valence-electron chi connectivity index (χ3n) is 0.796. The highest BCUT2D eigenvalue weighted by atomic mass is 33.1. The van der Waals surface area contributed by atoms with Gasteiger partial charge in [0.25, 0.3) is 0 Å². The van der Waals surface area contributed by atoms with E-state index in [1.807, 2.05) is 21.6 Å². The first-order valence-electron chi connectivity index (χ1n) is 4.38. The molecule has 0 aliphatic carbocycles. The first-order valence-corrected chi connectivity index (χ1v) is 7.50. The lowest BCUT2D eigenvalue weighted by molar-refractivity contribution is 1.11. The summed E-state index contributed by atoms with van der Waals surface area (Å²) >= 11 is 3.92. The van der Waals surface area contributed by atoms with Gasteiger partial charge in [-0.05, 0) is 18.6 Å². The zero-order valence-corrected chi connectivity index (χ0v) is 10.6. The maximum Gasteiger partial charge on any atom is 0.0160 e. The molecule has 0 heterocycles. The van der Waals surface area contributed by atoms with Crippen LogP contribution < -0.4 is 5.73 Å². The Morgan fingerprint density at radius 3 is 1.92 bits per heavy atom. The van der Waals surface area contributed by atoms with E-state index >= 15 is 0 Å². The number of rotatable bonds is 6. The Bertz CT molecular complexity index is 54.3. The highest BCUT2D eigenvalue weighted by Crippen LogP contribution is 2.20. The number of hydrogen-bond donors (Lipinski definition) is 2. The van der Waals surface area contributed by atoms with E-state index < -0.39 is 0 Å². The van der Waals surface area contributed by atoms with E-state index in [0.29, 0.717) is 0 Å². The molecule has 0 aromatic carbocycles. The van der Waals surface area contributed by atoms with Crippen molar-refractivity contribution in [1.82, 2.24) is 0 Å². The van der Waals surface area contributed by atoms with Crippen LogP contribution in [0.5, 0.6) is 0 Å². The Labute approximate surface area is 90.4 Å². The molecular weight excluding hydrogens is 206 g/mol. The molecule has 1 nitrogen and oxygen atoms in total. The van der Waals surface area contributed by atoms with Gasteiger partial charge in [0.15, 0.2) is 0 Å². The molecule has 0 spiro atoms. The Kier molecular flexibility index (Phi) is 23.1. The Balaban J connectivity index is 0. The fourth-order valence-electron chi connectivity index (χ4n) is 0.249. The van der Waals surface area contributed by atoms with Gasteiger partial charge >= 0.3 is 0 Å². The number of thiol groups is 1. The highest BCUT2D eigenvalue weighted by molar-refractivity contribution is 8.76. The summed E-state index contributed by atoms with van der Waals surface area (Å²) in [5.74, 6) is 3.36. The second-order valence-corrected chi connectivity index (χ2v) is 5.31. The van der Waals surface area contributed by atoms with Crippen molar-refractivity contribution in [2.45, 2.75) is 26.7 Å². The SMILES string of the molecule is CCCS.CCCSSCCN. The second kappa shape index (κ2) is 17.9. The zero-order valence-electron chi connectivity index (χ0n) is 8.08. The summed E-state index contributed by atoms with van der Waals surface area (Å²) in [5, 5.41) is 0. The van der Waals surface area contributed by atoms with E-state index in [1.165, 1.54) is 18.6 Å². The van der Waals surface area contributed by atoms with Crippen molar-refractivity contribution in [2.75, 3.05) is 23.8 Å². The van der Waals surface area contributed by atoms with Crippen molar-refractivity contribution in [3.05, 3.63) is 0 Å². The van der Waals surface area contributed by atoms with Gasteiger partial charge in [-0.2, -0.15) is 12.6 Å². The van der Waals surface area contributed by atoms with E-state index in [1.54, 1.807) is 0 Å². The number of nitrogens with two attached hydrogens (primary N) is 1. The first-order chi connectivity index (χ1) is 5.83. The van der Waals surface area contributed by atoms with Crippen LogP contribution in [0.1, 0.15) is 26.7 Å². The standard InChI is InChI=1S/C5H13NS2.C3H8S/c1-2-4-7-8-5-3-6;1-2-3-4/h2-6H2,1H3;4H,2-3H2,1H3. The lowest BCUT2D eigenvalue weighted by Gasteiger charge is -1.93. The smallest absolute Gasteiger partial charge is 0.0160 e. The molecule has 0 bridgehead atoms. The van der Waals surface area contributed by atoms with Gasteiger partial charge in [0.1, 0.15) is 0 Å². The van der Waals surface area contributed by atoms with Crippen LogP contribution in [-0.2, 0) is 0 Å². The van der Waals surface area contributed by atoms with Crippen molar-refractivity contribution in [3.63, 3.8) is 0 Å². The normalized spacial score (nSPS) is 9.00. The molecule has 0 aliphatic rings. The molecule has 0 fully saturated rings. The lowest BCUT2D eigenvalue weighted by Crippen LogP contribution is -1.99. The predicted molar refractivity (Wildman–Crippen MR) is 68.4 cm³/mol. The molecule has 0 rings (SSSR count). The molecule has 0 unspecified atom stereocenters. The molecule has 0 radical (unpaired) electrons. The molecule has 0 atom stereocenters. The van der Waals surface area contributed by atoms with E-state index in [-0.39, 0.29) is 0 Å². The van der Waals surface area contributed by atoms with Gasteiger partial charge in [-0.25, -0.2) is 0 Å². The summed E-state index contributed by atoms with van der Waals surface area (Å²) in [6.07, 6.45) is 2.45. The molecule has 12 heavy (non-hydrogen) atoms.